The summed E-state index contributed by atoms with van der Waals surface area (Å²) in [5, 5.41) is 8.07. The highest BCUT2D eigenvalue weighted by molar-refractivity contribution is 5.56. The molecule has 0 aliphatic heterocycles. The Balaban J connectivity index is 1.32. The Hall–Kier alpha value is -3.68. The molecule has 0 bridgehead atoms. The summed E-state index contributed by atoms with van der Waals surface area (Å²) in [6, 6.07) is 15.0. The fraction of sp³-hybridized carbons (Fsp3) is 0.238. The summed E-state index contributed by atoms with van der Waals surface area (Å²) in [4.78, 5) is 8.88. The first kappa shape index (κ1) is 18.7. The third kappa shape index (κ3) is 4.43. The molecule has 0 saturated heterocycles. The molecule has 8 heteroatoms. The van der Waals surface area contributed by atoms with Crippen molar-refractivity contribution >= 4 is 0 Å². The van der Waals surface area contributed by atoms with Gasteiger partial charge in [-0.15, -0.1) is 0 Å². The molecule has 4 rings (SSSR count). The van der Waals surface area contributed by atoms with Gasteiger partial charge in [0.15, 0.2) is 0 Å². The third-order valence-electron chi connectivity index (χ3n) is 4.41. The van der Waals surface area contributed by atoms with Gasteiger partial charge in [0.25, 0.3) is 0 Å². The van der Waals surface area contributed by atoms with E-state index in [4.69, 9.17) is 18.5 Å². The zero-order valence-electron chi connectivity index (χ0n) is 16.2. The van der Waals surface area contributed by atoms with Crippen LogP contribution in [0, 0.1) is 0 Å². The standard InChI is InChI=1S/C21H20N4O4/c1-26-16-10-6-14(7-11-16)20-22-18(28-24-20)4-3-5-19-23-21(25-29-19)15-8-12-17(27-2)13-9-15/h6-13H,3-5H2,1-2H3. The number of aryl methyl sites for hydroxylation is 2. The van der Waals surface area contributed by atoms with Gasteiger partial charge in [-0.1, -0.05) is 10.3 Å². The molecule has 148 valence electrons. The molecule has 0 aliphatic carbocycles. The van der Waals surface area contributed by atoms with Gasteiger partial charge in [-0.3, -0.25) is 0 Å². The molecule has 29 heavy (non-hydrogen) atoms. The molecule has 0 N–H and O–H groups in total. The van der Waals surface area contributed by atoms with Gasteiger partial charge in [0.05, 0.1) is 14.2 Å². The van der Waals surface area contributed by atoms with E-state index in [0.717, 1.165) is 29.0 Å². The van der Waals surface area contributed by atoms with Crippen LogP contribution in [0.1, 0.15) is 18.2 Å². The van der Waals surface area contributed by atoms with Crippen molar-refractivity contribution in [3.8, 4) is 34.3 Å². The molecule has 4 aromatic rings. The van der Waals surface area contributed by atoms with Crippen molar-refractivity contribution in [2.45, 2.75) is 19.3 Å². The van der Waals surface area contributed by atoms with E-state index in [1.54, 1.807) is 14.2 Å². The van der Waals surface area contributed by atoms with Crippen molar-refractivity contribution in [1.29, 1.82) is 0 Å². The monoisotopic (exact) mass is 392 g/mol. The summed E-state index contributed by atoms with van der Waals surface area (Å²) in [5.74, 6) is 3.83. The second kappa shape index (κ2) is 8.55. The molecule has 2 heterocycles. The minimum atomic E-state index is 0.558. The highest BCUT2D eigenvalue weighted by Crippen LogP contribution is 2.21. The van der Waals surface area contributed by atoms with E-state index in [0.29, 0.717) is 36.3 Å². The van der Waals surface area contributed by atoms with Crippen molar-refractivity contribution in [2.24, 2.45) is 0 Å². The topological polar surface area (TPSA) is 96.3 Å². The lowest BCUT2D eigenvalue weighted by Gasteiger charge is -1.99. The molecule has 0 atom stereocenters. The van der Waals surface area contributed by atoms with Crippen LogP contribution in [0.5, 0.6) is 11.5 Å². The predicted octanol–water partition coefficient (Wildman–Crippen LogP) is 3.98. The number of rotatable bonds is 8. The van der Waals surface area contributed by atoms with E-state index in [1.807, 2.05) is 48.5 Å². The minimum Gasteiger partial charge on any atom is -0.497 e. The smallest absolute Gasteiger partial charge is 0.226 e. The predicted molar refractivity (Wildman–Crippen MR) is 105 cm³/mol. The van der Waals surface area contributed by atoms with Crippen molar-refractivity contribution in [3.05, 3.63) is 60.3 Å². The van der Waals surface area contributed by atoms with Crippen molar-refractivity contribution in [3.63, 3.8) is 0 Å². The van der Waals surface area contributed by atoms with E-state index in [1.165, 1.54) is 0 Å². The molecule has 0 amide bonds. The Morgan fingerprint density at radius 2 is 1.07 bits per heavy atom. The second-order valence-corrected chi connectivity index (χ2v) is 6.33. The van der Waals surface area contributed by atoms with E-state index >= 15 is 0 Å². The Morgan fingerprint density at radius 1 is 0.655 bits per heavy atom. The molecular weight excluding hydrogens is 372 g/mol. The fourth-order valence-corrected chi connectivity index (χ4v) is 2.82. The van der Waals surface area contributed by atoms with E-state index in [2.05, 4.69) is 20.3 Å². The summed E-state index contributed by atoms with van der Waals surface area (Å²) in [6.07, 6.45) is 2.02. The van der Waals surface area contributed by atoms with Gasteiger partial charge >= 0.3 is 0 Å². The summed E-state index contributed by atoms with van der Waals surface area (Å²) in [5.41, 5.74) is 1.75. The molecule has 2 aromatic carbocycles. The molecule has 0 spiro atoms. The fourth-order valence-electron chi connectivity index (χ4n) is 2.82. The molecule has 0 radical (unpaired) electrons. The van der Waals surface area contributed by atoms with Gasteiger partial charge in [-0.25, -0.2) is 0 Å². The van der Waals surface area contributed by atoms with E-state index in [-0.39, 0.29) is 0 Å². The second-order valence-electron chi connectivity index (χ2n) is 6.33. The van der Waals surface area contributed by atoms with Gasteiger partial charge in [0.1, 0.15) is 11.5 Å². The molecule has 8 nitrogen and oxygen atoms in total. The third-order valence-corrected chi connectivity index (χ3v) is 4.41. The lowest BCUT2D eigenvalue weighted by molar-refractivity contribution is 0.360. The van der Waals surface area contributed by atoms with Crippen molar-refractivity contribution in [2.75, 3.05) is 14.2 Å². The number of aromatic nitrogens is 4. The average molecular weight is 392 g/mol. The van der Waals surface area contributed by atoms with Crippen LogP contribution in [0.3, 0.4) is 0 Å². The first-order chi connectivity index (χ1) is 14.2. The van der Waals surface area contributed by atoms with Crippen LogP contribution in [0.2, 0.25) is 0 Å². The van der Waals surface area contributed by atoms with Gasteiger partial charge in [-0.05, 0) is 55.0 Å². The molecule has 0 fully saturated rings. The van der Waals surface area contributed by atoms with Crippen LogP contribution in [-0.4, -0.2) is 34.5 Å². The average Bonchev–Trinajstić information content (AvgIpc) is 3.44. The number of hydrogen-bond acceptors (Lipinski definition) is 8. The summed E-state index contributed by atoms with van der Waals surface area (Å²) in [7, 11) is 3.26. The lowest BCUT2D eigenvalue weighted by atomic mass is 10.2. The molecular formula is C21H20N4O4. The zero-order valence-corrected chi connectivity index (χ0v) is 16.2. The Kier molecular flexibility index (Phi) is 5.51. The van der Waals surface area contributed by atoms with Crippen LogP contribution in [0.15, 0.2) is 57.6 Å². The van der Waals surface area contributed by atoms with Gasteiger partial charge in [-0.2, -0.15) is 9.97 Å². The van der Waals surface area contributed by atoms with Crippen LogP contribution in [0.25, 0.3) is 22.8 Å². The maximum Gasteiger partial charge on any atom is 0.226 e. The van der Waals surface area contributed by atoms with Gasteiger partial charge in [0, 0.05) is 24.0 Å². The largest absolute Gasteiger partial charge is 0.497 e. The summed E-state index contributed by atoms with van der Waals surface area (Å²) in [6.45, 7) is 0. The quantitative estimate of drug-likeness (QED) is 0.444. The molecule has 2 aromatic heterocycles. The number of nitrogens with zero attached hydrogens (tertiary/aromatic N) is 4. The maximum atomic E-state index is 5.34. The maximum absolute atomic E-state index is 5.34. The summed E-state index contributed by atoms with van der Waals surface area (Å²) < 4.78 is 21.0. The van der Waals surface area contributed by atoms with E-state index in [9.17, 15) is 0 Å². The number of hydrogen-bond donors (Lipinski definition) is 0. The van der Waals surface area contributed by atoms with Crippen LogP contribution < -0.4 is 9.47 Å². The first-order valence-corrected chi connectivity index (χ1v) is 9.19. The highest BCUT2D eigenvalue weighted by atomic mass is 16.5. The Morgan fingerprint density at radius 3 is 1.45 bits per heavy atom. The molecule has 0 unspecified atom stereocenters. The van der Waals surface area contributed by atoms with Crippen molar-refractivity contribution in [1.82, 2.24) is 20.3 Å². The lowest BCUT2D eigenvalue weighted by Crippen LogP contribution is -1.91. The normalized spacial score (nSPS) is 10.8. The van der Waals surface area contributed by atoms with Gasteiger partial charge < -0.3 is 18.5 Å². The van der Waals surface area contributed by atoms with E-state index < -0.39 is 0 Å². The highest BCUT2D eigenvalue weighted by Gasteiger charge is 2.12. The Bertz CT molecular complexity index is 969. The Labute approximate surface area is 167 Å². The van der Waals surface area contributed by atoms with Crippen molar-refractivity contribution < 1.29 is 18.5 Å². The van der Waals surface area contributed by atoms with Crippen LogP contribution >= 0.6 is 0 Å². The minimum absolute atomic E-state index is 0.558. The number of benzene rings is 2. The van der Waals surface area contributed by atoms with Crippen LogP contribution in [-0.2, 0) is 12.8 Å². The van der Waals surface area contributed by atoms with Gasteiger partial charge in [0.2, 0.25) is 23.4 Å². The van der Waals surface area contributed by atoms with Crippen LogP contribution in [0.4, 0.5) is 0 Å². The zero-order chi connectivity index (χ0) is 20.1. The summed E-state index contributed by atoms with van der Waals surface area (Å²) >= 11 is 0. The number of ether oxygens (including phenoxy) is 2. The molecule has 0 saturated carbocycles. The first-order valence-electron chi connectivity index (χ1n) is 9.19. The molecule has 0 aliphatic rings. The SMILES string of the molecule is COc1ccc(-c2noc(CCCc3nc(-c4ccc(OC)cc4)no3)n2)cc1. The number of methoxy groups -OCH3 is 2.